The predicted octanol–water partition coefficient (Wildman–Crippen LogP) is 2.19. The highest BCUT2D eigenvalue weighted by atomic mass is 32.2. The number of thioether (sulfide) groups is 1. The second kappa shape index (κ2) is 6.12. The van der Waals surface area contributed by atoms with Crippen LogP contribution in [0, 0.1) is 0 Å². The predicted molar refractivity (Wildman–Crippen MR) is 81.0 cm³/mol. The van der Waals surface area contributed by atoms with Crippen molar-refractivity contribution in [1.82, 2.24) is 15.1 Å². The molecule has 0 saturated carbocycles. The van der Waals surface area contributed by atoms with Crippen molar-refractivity contribution >= 4 is 11.8 Å². The lowest BCUT2D eigenvalue weighted by atomic mass is 10.1. The number of nitrogens with zero attached hydrogens (tertiary/aromatic N) is 2. The third-order valence-electron chi connectivity index (χ3n) is 4.07. The van der Waals surface area contributed by atoms with Crippen LogP contribution in [0.5, 0.6) is 0 Å². The summed E-state index contributed by atoms with van der Waals surface area (Å²) in [4.78, 5) is 5.23. The van der Waals surface area contributed by atoms with E-state index in [1.165, 1.54) is 44.8 Å². The Kier molecular flexibility index (Phi) is 4.98. The van der Waals surface area contributed by atoms with E-state index in [1.54, 1.807) is 0 Å². The summed E-state index contributed by atoms with van der Waals surface area (Å²) in [6.07, 6.45) is 2.62. The molecule has 0 amide bonds. The van der Waals surface area contributed by atoms with Crippen molar-refractivity contribution in [2.45, 2.75) is 57.6 Å². The van der Waals surface area contributed by atoms with Crippen LogP contribution in [0.25, 0.3) is 0 Å². The number of nitrogens with one attached hydrogen (secondary N) is 1. The van der Waals surface area contributed by atoms with Crippen molar-refractivity contribution in [3.05, 3.63) is 0 Å². The van der Waals surface area contributed by atoms with Gasteiger partial charge in [-0.2, -0.15) is 0 Å². The van der Waals surface area contributed by atoms with Gasteiger partial charge in [0.05, 0.1) is 0 Å². The Hall–Kier alpha value is 0.230. The molecule has 1 N–H and O–H groups in total. The molecule has 4 heteroatoms. The second-order valence-corrected chi connectivity index (χ2v) is 7.64. The highest BCUT2D eigenvalue weighted by molar-refractivity contribution is 8.00. The van der Waals surface area contributed by atoms with Crippen LogP contribution >= 0.6 is 11.8 Å². The zero-order valence-corrected chi connectivity index (χ0v) is 13.2. The minimum Gasteiger partial charge on any atom is -0.296 e. The number of hydrogen-bond donors (Lipinski definition) is 1. The van der Waals surface area contributed by atoms with Gasteiger partial charge in [-0.1, -0.05) is 13.3 Å². The molecule has 18 heavy (non-hydrogen) atoms. The average molecular weight is 271 g/mol. The fourth-order valence-corrected chi connectivity index (χ4v) is 4.25. The molecule has 0 aromatic carbocycles. The first-order valence-corrected chi connectivity index (χ1v) is 8.42. The van der Waals surface area contributed by atoms with Crippen molar-refractivity contribution in [3.63, 3.8) is 0 Å². The van der Waals surface area contributed by atoms with Crippen LogP contribution in [0.3, 0.4) is 0 Å². The molecule has 2 heterocycles. The Bertz CT molecular complexity index is 256. The maximum atomic E-state index is 3.79. The summed E-state index contributed by atoms with van der Waals surface area (Å²) >= 11 is 2.10. The Morgan fingerprint density at radius 3 is 2.39 bits per heavy atom. The molecular weight excluding hydrogens is 242 g/mol. The van der Waals surface area contributed by atoms with Gasteiger partial charge in [0.15, 0.2) is 0 Å². The molecule has 2 unspecified atom stereocenters. The van der Waals surface area contributed by atoms with Gasteiger partial charge >= 0.3 is 0 Å². The second-order valence-electron chi connectivity index (χ2n) is 6.53. The molecule has 0 spiro atoms. The smallest absolute Gasteiger partial charge is 0.108 e. The van der Waals surface area contributed by atoms with Gasteiger partial charge in [0.2, 0.25) is 0 Å². The summed E-state index contributed by atoms with van der Waals surface area (Å²) in [6.45, 7) is 14.1. The van der Waals surface area contributed by atoms with Gasteiger partial charge in [0, 0.05) is 43.5 Å². The van der Waals surface area contributed by atoms with Gasteiger partial charge in [-0.25, -0.2) is 0 Å². The van der Waals surface area contributed by atoms with Gasteiger partial charge in [-0.05, 0) is 27.2 Å². The average Bonchev–Trinajstić information content (AvgIpc) is 2.77. The Balaban J connectivity index is 1.77. The van der Waals surface area contributed by atoms with Gasteiger partial charge in [0.25, 0.3) is 0 Å². The summed E-state index contributed by atoms with van der Waals surface area (Å²) in [7, 11) is 0. The lowest BCUT2D eigenvalue weighted by Crippen LogP contribution is -2.57. The summed E-state index contributed by atoms with van der Waals surface area (Å²) in [5, 5.41) is 3.79. The standard InChI is InChI=1S/C14H29N3S/c1-5-6-12-11-18-13(15-12)16-7-9-17(10-8-16)14(2,3)4/h12-13,15H,5-11H2,1-4H3. The van der Waals surface area contributed by atoms with Crippen molar-refractivity contribution < 1.29 is 0 Å². The quantitative estimate of drug-likeness (QED) is 0.848. The summed E-state index contributed by atoms with van der Waals surface area (Å²) in [6, 6.07) is 0.741. The van der Waals surface area contributed by atoms with Crippen molar-refractivity contribution in [2.75, 3.05) is 31.9 Å². The zero-order valence-electron chi connectivity index (χ0n) is 12.4. The van der Waals surface area contributed by atoms with E-state index >= 15 is 0 Å². The van der Waals surface area contributed by atoms with E-state index in [-0.39, 0.29) is 0 Å². The lowest BCUT2D eigenvalue weighted by molar-refractivity contribution is 0.0523. The van der Waals surface area contributed by atoms with Crippen LogP contribution in [0.1, 0.15) is 40.5 Å². The van der Waals surface area contributed by atoms with Crippen LogP contribution in [-0.4, -0.2) is 58.8 Å². The molecule has 106 valence electrons. The van der Waals surface area contributed by atoms with Gasteiger partial charge in [-0.15, -0.1) is 11.8 Å². The van der Waals surface area contributed by atoms with Gasteiger partial charge < -0.3 is 0 Å². The molecule has 3 nitrogen and oxygen atoms in total. The number of hydrogen-bond acceptors (Lipinski definition) is 4. The summed E-state index contributed by atoms with van der Waals surface area (Å²) in [5.41, 5.74) is 0.899. The SMILES string of the molecule is CCCC1CSC(N2CCN(C(C)(C)C)CC2)N1. The van der Waals surface area contributed by atoms with Crippen LogP contribution in [0.15, 0.2) is 0 Å². The first-order chi connectivity index (χ1) is 8.50. The molecule has 2 saturated heterocycles. The molecular formula is C14H29N3S. The van der Waals surface area contributed by atoms with E-state index in [0.29, 0.717) is 11.0 Å². The third-order valence-corrected chi connectivity index (χ3v) is 5.41. The topological polar surface area (TPSA) is 18.5 Å². The fourth-order valence-electron chi connectivity index (χ4n) is 2.86. The third kappa shape index (κ3) is 3.62. The van der Waals surface area contributed by atoms with Crippen LogP contribution < -0.4 is 5.32 Å². The fraction of sp³-hybridized carbons (Fsp3) is 1.00. The molecule has 0 aromatic rings. The molecule has 2 fully saturated rings. The number of piperazine rings is 1. The van der Waals surface area contributed by atoms with E-state index in [1.807, 2.05) is 0 Å². The van der Waals surface area contributed by atoms with Crippen LogP contribution in [0.4, 0.5) is 0 Å². The Labute approximate surface area is 117 Å². The molecule has 2 rings (SSSR count). The monoisotopic (exact) mass is 271 g/mol. The maximum Gasteiger partial charge on any atom is 0.108 e. The molecule has 2 aliphatic rings. The van der Waals surface area contributed by atoms with Gasteiger partial charge in [0.1, 0.15) is 5.50 Å². The van der Waals surface area contributed by atoms with Crippen molar-refractivity contribution in [1.29, 1.82) is 0 Å². The van der Waals surface area contributed by atoms with E-state index < -0.39 is 0 Å². The zero-order chi connectivity index (χ0) is 13.2. The van der Waals surface area contributed by atoms with Crippen LogP contribution in [-0.2, 0) is 0 Å². The van der Waals surface area contributed by atoms with E-state index in [4.69, 9.17) is 0 Å². The first kappa shape index (κ1) is 14.6. The van der Waals surface area contributed by atoms with Crippen molar-refractivity contribution in [2.24, 2.45) is 0 Å². The normalized spacial score (nSPS) is 32.0. The minimum atomic E-state index is 0.326. The molecule has 0 aliphatic carbocycles. The lowest BCUT2D eigenvalue weighted by Gasteiger charge is -2.43. The molecule has 0 radical (unpaired) electrons. The minimum absolute atomic E-state index is 0.326. The summed E-state index contributed by atoms with van der Waals surface area (Å²) < 4.78 is 0. The highest BCUT2D eigenvalue weighted by Gasteiger charge is 2.32. The molecule has 0 aromatic heterocycles. The highest BCUT2D eigenvalue weighted by Crippen LogP contribution is 2.26. The van der Waals surface area contributed by atoms with Crippen LogP contribution in [0.2, 0.25) is 0 Å². The molecule has 0 bridgehead atoms. The van der Waals surface area contributed by atoms with Gasteiger partial charge in [-0.3, -0.25) is 15.1 Å². The Morgan fingerprint density at radius 2 is 1.83 bits per heavy atom. The van der Waals surface area contributed by atoms with E-state index in [2.05, 4.69) is 54.6 Å². The van der Waals surface area contributed by atoms with E-state index in [9.17, 15) is 0 Å². The van der Waals surface area contributed by atoms with Crippen molar-refractivity contribution in [3.8, 4) is 0 Å². The summed E-state index contributed by atoms with van der Waals surface area (Å²) in [5.74, 6) is 1.29. The first-order valence-electron chi connectivity index (χ1n) is 7.37. The molecule has 2 aliphatic heterocycles. The number of rotatable bonds is 3. The van der Waals surface area contributed by atoms with E-state index in [0.717, 1.165) is 6.04 Å². The molecule has 2 atom stereocenters. The maximum absolute atomic E-state index is 3.79. The largest absolute Gasteiger partial charge is 0.296 e. The Morgan fingerprint density at radius 1 is 1.17 bits per heavy atom.